The molecule has 0 aliphatic heterocycles. The fraction of sp³-hybridized carbons (Fsp3) is 0.393. The minimum Gasteiger partial charge on any atom is -0.497 e. The number of nitrogens with zero attached hydrogens (tertiary/aromatic N) is 5. The fourth-order valence-electron chi connectivity index (χ4n) is 3.87. The quantitative estimate of drug-likeness (QED) is 0.209. The number of benzene rings is 1. The van der Waals surface area contributed by atoms with Crippen LogP contribution >= 0.6 is 11.6 Å². The standard InChI is InChI=1S/C28H36ClN5O3Si/c1-28(2,3)38(7,8)37-12-11-34(20-13-21(35-5)15-22(14-20)36-6)25-10-9-24-27(32-25)26(29)23(17-30-24)19-16-31-33(4)18-19/h9-10,13-18H,11-12H2,1-8H3. The first-order valence-corrected chi connectivity index (χ1v) is 15.8. The lowest BCUT2D eigenvalue weighted by Crippen LogP contribution is -2.42. The summed E-state index contributed by atoms with van der Waals surface area (Å²) < 4.78 is 19.4. The predicted octanol–water partition coefficient (Wildman–Crippen LogP) is 6.86. The van der Waals surface area contributed by atoms with E-state index in [4.69, 9.17) is 30.5 Å². The average Bonchev–Trinajstić information content (AvgIpc) is 3.31. The third-order valence-electron chi connectivity index (χ3n) is 7.16. The zero-order valence-corrected chi connectivity index (χ0v) is 25.1. The number of halogens is 1. The molecule has 0 spiro atoms. The van der Waals surface area contributed by atoms with E-state index in [0.717, 1.165) is 22.6 Å². The summed E-state index contributed by atoms with van der Waals surface area (Å²) in [7, 11) is 3.21. The number of ether oxygens (including phenoxy) is 2. The Balaban J connectivity index is 1.78. The summed E-state index contributed by atoms with van der Waals surface area (Å²) in [6.07, 6.45) is 5.44. The van der Waals surface area contributed by atoms with Crippen molar-refractivity contribution in [2.24, 2.45) is 7.05 Å². The van der Waals surface area contributed by atoms with Crippen molar-refractivity contribution in [1.29, 1.82) is 0 Å². The number of methoxy groups -OCH3 is 2. The van der Waals surface area contributed by atoms with Crippen LogP contribution in [0, 0.1) is 0 Å². The van der Waals surface area contributed by atoms with Crippen molar-refractivity contribution in [3.8, 4) is 22.6 Å². The molecule has 4 aromatic rings. The van der Waals surface area contributed by atoms with Gasteiger partial charge in [-0.25, -0.2) is 4.98 Å². The molecule has 0 N–H and O–H groups in total. The molecule has 0 radical (unpaired) electrons. The van der Waals surface area contributed by atoms with E-state index < -0.39 is 8.32 Å². The van der Waals surface area contributed by atoms with Gasteiger partial charge in [0.1, 0.15) is 22.8 Å². The lowest BCUT2D eigenvalue weighted by Gasteiger charge is -2.37. The Morgan fingerprint density at radius 3 is 2.29 bits per heavy atom. The highest BCUT2D eigenvalue weighted by molar-refractivity contribution is 6.74. The van der Waals surface area contributed by atoms with Crippen LogP contribution in [0.15, 0.2) is 48.9 Å². The number of fused-ring (bicyclic) bond motifs is 1. The Morgan fingerprint density at radius 2 is 1.71 bits per heavy atom. The van der Waals surface area contributed by atoms with E-state index in [9.17, 15) is 0 Å². The number of hydrogen-bond donors (Lipinski definition) is 0. The van der Waals surface area contributed by atoms with Crippen molar-refractivity contribution in [3.05, 3.63) is 53.9 Å². The molecule has 0 aliphatic carbocycles. The fourth-order valence-corrected chi connectivity index (χ4v) is 5.20. The van der Waals surface area contributed by atoms with Crippen LogP contribution in [0.5, 0.6) is 11.5 Å². The minimum atomic E-state index is -1.94. The molecule has 0 unspecified atom stereocenters. The van der Waals surface area contributed by atoms with E-state index in [1.54, 1.807) is 31.3 Å². The maximum Gasteiger partial charge on any atom is 0.192 e. The van der Waals surface area contributed by atoms with Gasteiger partial charge in [0.05, 0.1) is 37.6 Å². The number of anilines is 2. The van der Waals surface area contributed by atoms with Crippen LogP contribution in [0.25, 0.3) is 22.2 Å². The first-order chi connectivity index (χ1) is 17.9. The van der Waals surface area contributed by atoms with Crippen molar-refractivity contribution >= 4 is 42.5 Å². The van der Waals surface area contributed by atoms with Crippen LogP contribution in [-0.4, -0.2) is 55.4 Å². The Hall–Kier alpha value is -3.14. The maximum atomic E-state index is 6.90. The van der Waals surface area contributed by atoms with Crippen LogP contribution in [0.2, 0.25) is 23.2 Å². The molecular formula is C28H36ClN5O3Si. The van der Waals surface area contributed by atoms with Gasteiger partial charge in [0.25, 0.3) is 0 Å². The average molecular weight is 554 g/mol. The van der Waals surface area contributed by atoms with Crippen molar-refractivity contribution < 1.29 is 13.9 Å². The molecule has 4 rings (SSSR count). The maximum absolute atomic E-state index is 6.90. The summed E-state index contributed by atoms with van der Waals surface area (Å²) >= 11 is 6.90. The highest BCUT2D eigenvalue weighted by atomic mass is 35.5. The molecule has 38 heavy (non-hydrogen) atoms. The molecule has 0 bridgehead atoms. The van der Waals surface area contributed by atoms with E-state index >= 15 is 0 Å². The summed E-state index contributed by atoms with van der Waals surface area (Å²) in [6, 6.07) is 9.67. The summed E-state index contributed by atoms with van der Waals surface area (Å²) in [6.45, 7) is 12.3. The Kier molecular flexibility index (Phi) is 8.01. The monoisotopic (exact) mass is 553 g/mol. The zero-order chi connectivity index (χ0) is 27.7. The van der Waals surface area contributed by atoms with Gasteiger partial charge in [-0.2, -0.15) is 5.10 Å². The second kappa shape index (κ2) is 10.9. The van der Waals surface area contributed by atoms with Gasteiger partial charge in [0.15, 0.2) is 8.32 Å². The van der Waals surface area contributed by atoms with E-state index in [1.165, 1.54) is 0 Å². The molecule has 0 atom stereocenters. The number of rotatable bonds is 9. The molecule has 3 aromatic heterocycles. The van der Waals surface area contributed by atoms with E-state index in [0.29, 0.717) is 40.7 Å². The molecule has 8 nitrogen and oxygen atoms in total. The molecule has 0 fully saturated rings. The Bertz CT molecular complexity index is 1410. The van der Waals surface area contributed by atoms with Crippen molar-refractivity contribution in [2.75, 3.05) is 32.3 Å². The third kappa shape index (κ3) is 5.79. The SMILES string of the molecule is COc1cc(OC)cc(N(CCO[Si](C)(C)C(C)(C)C)c2ccc3ncc(-c4cnn(C)c4)c(Cl)c3n2)c1. The third-order valence-corrected chi connectivity index (χ3v) is 12.1. The van der Waals surface area contributed by atoms with Crippen LogP contribution in [0.1, 0.15) is 20.8 Å². The van der Waals surface area contributed by atoms with Gasteiger partial charge in [0, 0.05) is 61.0 Å². The molecule has 0 saturated carbocycles. The highest BCUT2D eigenvalue weighted by Crippen LogP contribution is 2.38. The van der Waals surface area contributed by atoms with Gasteiger partial charge in [-0.15, -0.1) is 0 Å². The molecular weight excluding hydrogens is 518 g/mol. The molecule has 202 valence electrons. The van der Waals surface area contributed by atoms with E-state index in [-0.39, 0.29) is 5.04 Å². The minimum absolute atomic E-state index is 0.111. The largest absolute Gasteiger partial charge is 0.497 e. The normalized spacial score (nSPS) is 12.1. The predicted molar refractivity (Wildman–Crippen MR) is 156 cm³/mol. The Labute approximate surface area is 230 Å². The van der Waals surface area contributed by atoms with Gasteiger partial charge in [-0.1, -0.05) is 32.4 Å². The summed E-state index contributed by atoms with van der Waals surface area (Å²) in [5, 5.41) is 4.91. The van der Waals surface area contributed by atoms with Gasteiger partial charge < -0.3 is 18.8 Å². The summed E-state index contributed by atoms with van der Waals surface area (Å²) in [5.74, 6) is 2.10. The first kappa shape index (κ1) is 27.9. The first-order valence-electron chi connectivity index (χ1n) is 12.5. The molecule has 0 aliphatic rings. The van der Waals surface area contributed by atoms with Crippen LogP contribution in [-0.2, 0) is 11.5 Å². The van der Waals surface area contributed by atoms with Crippen molar-refractivity contribution in [3.63, 3.8) is 0 Å². The molecule has 0 amide bonds. The number of aryl methyl sites for hydroxylation is 1. The number of aromatic nitrogens is 4. The van der Waals surface area contributed by atoms with Crippen LogP contribution in [0.3, 0.4) is 0 Å². The molecule has 10 heteroatoms. The van der Waals surface area contributed by atoms with Crippen LogP contribution < -0.4 is 14.4 Å². The van der Waals surface area contributed by atoms with Crippen molar-refractivity contribution in [1.82, 2.24) is 19.7 Å². The number of pyridine rings is 2. The summed E-state index contributed by atoms with van der Waals surface area (Å²) in [4.78, 5) is 11.7. The molecule has 3 heterocycles. The highest BCUT2D eigenvalue weighted by Gasteiger charge is 2.37. The van der Waals surface area contributed by atoms with Crippen LogP contribution in [0.4, 0.5) is 11.5 Å². The lowest BCUT2D eigenvalue weighted by molar-refractivity contribution is 0.297. The van der Waals surface area contributed by atoms with E-state index in [1.807, 2.05) is 43.6 Å². The molecule has 1 aromatic carbocycles. The smallest absolute Gasteiger partial charge is 0.192 e. The lowest BCUT2D eigenvalue weighted by atomic mass is 10.1. The second-order valence-corrected chi connectivity index (χ2v) is 15.9. The van der Waals surface area contributed by atoms with Gasteiger partial charge >= 0.3 is 0 Å². The van der Waals surface area contributed by atoms with Crippen molar-refractivity contribution in [2.45, 2.75) is 38.9 Å². The molecule has 0 saturated heterocycles. The van der Waals surface area contributed by atoms with Gasteiger partial charge in [0.2, 0.25) is 0 Å². The Morgan fingerprint density at radius 1 is 1.03 bits per heavy atom. The van der Waals surface area contributed by atoms with Gasteiger partial charge in [-0.3, -0.25) is 9.67 Å². The topological polar surface area (TPSA) is 74.5 Å². The van der Waals surface area contributed by atoms with Gasteiger partial charge in [-0.05, 0) is 30.3 Å². The van der Waals surface area contributed by atoms with E-state index in [2.05, 4.69) is 48.8 Å². The number of hydrogen-bond acceptors (Lipinski definition) is 7. The second-order valence-electron chi connectivity index (χ2n) is 10.8. The summed E-state index contributed by atoms with van der Waals surface area (Å²) in [5.41, 5.74) is 3.88. The zero-order valence-electron chi connectivity index (χ0n) is 23.4.